The molecule has 0 aromatic heterocycles. The smallest absolute Gasteiger partial charge is 0.0249 e. The van der Waals surface area contributed by atoms with Crippen LogP contribution in [0.15, 0.2) is 0 Å². The maximum absolute atomic E-state index is 6.20. The van der Waals surface area contributed by atoms with Gasteiger partial charge in [-0.15, -0.1) is 0 Å². The van der Waals surface area contributed by atoms with Crippen molar-refractivity contribution < 1.29 is 0 Å². The Bertz CT molecular complexity index is 252. The molecule has 0 bridgehead atoms. The Morgan fingerprint density at radius 2 is 2.00 bits per heavy atom. The lowest BCUT2D eigenvalue weighted by molar-refractivity contribution is 0.0418. The van der Waals surface area contributed by atoms with Crippen LogP contribution >= 0.6 is 0 Å². The highest BCUT2D eigenvalue weighted by Gasteiger charge is 2.34. The van der Waals surface area contributed by atoms with Crippen LogP contribution in [0.1, 0.15) is 71.6 Å². The molecule has 2 heteroatoms. The van der Waals surface area contributed by atoms with Crippen LogP contribution < -0.4 is 5.73 Å². The molecule has 0 spiro atoms. The molecule has 0 aromatic rings. The second-order valence-electron chi connectivity index (χ2n) is 7.01. The fraction of sp³-hybridized carbons (Fsp3) is 1.00. The lowest BCUT2D eigenvalue weighted by Gasteiger charge is -2.46. The molecule has 4 unspecified atom stereocenters. The number of likely N-dealkylation sites (tertiary alicyclic amines) is 1. The van der Waals surface area contributed by atoms with E-state index >= 15 is 0 Å². The molecule has 2 aliphatic rings. The molecule has 1 saturated carbocycles. The molecular weight excluding hydrogens is 232 g/mol. The summed E-state index contributed by atoms with van der Waals surface area (Å²) in [5, 5.41) is 0. The fourth-order valence-corrected chi connectivity index (χ4v) is 4.53. The van der Waals surface area contributed by atoms with Crippen LogP contribution in [0, 0.1) is 11.8 Å². The molecule has 0 radical (unpaired) electrons. The lowest BCUT2D eigenvalue weighted by atomic mass is 9.77. The number of piperidine rings is 1. The molecule has 2 fully saturated rings. The van der Waals surface area contributed by atoms with Crippen LogP contribution in [-0.2, 0) is 0 Å². The average Bonchev–Trinajstić information content (AvgIpc) is 2.42. The quantitative estimate of drug-likeness (QED) is 0.820. The van der Waals surface area contributed by atoms with E-state index in [9.17, 15) is 0 Å². The summed E-state index contributed by atoms with van der Waals surface area (Å²) in [5.74, 6) is 1.79. The molecule has 1 aliphatic heterocycles. The molecule has 0 amide bonds. The highest BCUT2D eigenvalue weighted by atomic mass is 15.2. The number of hydrogen-bond donors (Lipinski definition) is 1. The maximum atomic E-state index is 6.20. The Kier molecular flexibility index (Phi) is 6.15. The van der Waals surface area contributed by atoms with Crippen molar-refractivity contribution in [1.29, 1.82) is 0 Å². The number of hydrogen-bond acceptors (Lipinski definition) is 2. The van der Waals surface area contributed by atoms with Gasteiger partial charge in [-0.2, -0.15) is 0 Å². The summed E-state index contributed by atoms with van der Waals surface area (Å²) in [5.41, 5.74) is 6.20. The summed E-state index contributed by atoms with van der Waals surface area (Å²) in [6.07, 6.45) is 12.6. The van der Waals surface area contributed by atoms with Crippen molar-refractivity contribution in [3.63, 3.8) is 0 Å². The van der Waals surface area contributed by atoms with Gasteiger partial charge >= 0.3 is 0 Å². The predicted octanol–water partition coefficient (Wildman–Crippen LogP) is 3.79. The second kappa shape index (κ2) is 7.64. The summed E-state index contributed by atoms with van der Waals surface area (Å²) in [6.45, 7) is 6.93. The molecule has 112 valence electrons. The highest BCUT2D eigenvalue weighted by molar-refractivity contribution is 4.89. The minimum Gasteiger partial charge on any atom is -0.329 e. The molecule has 2 nitrogen and oxygen atoms in total. The zero-order valence-electron chi connectivity index (χ0n) is 13.1. The molecule has 1 aliphatic carbocycles. The highest BCUT2D eigenvalue weighted by Crippen LogP contribution is 2.35. The third kappa shape index (κ3) is 3.95. The van der Waals surface area contributed by atoms with E-state index in [1.54, 1.807) is 0 Å². The third-order valence-electron chi connectivity index (χ3n) is 5.48. The van der Waals surface area contributed by atoms with Gasteiger partial charge in [0.1, 0.15) is 0 Å². The normalized spacial score (nSPS) is 35.2. The van der Waals surface area contributed by atoms with Gasteiger partial charge in [0.2, 0.25) is 0 Å². The molecule has 1 heterocycles. The Labute approximate surface area is 120 Å². The first kappa shape index (κ1) is 15.3. The topological polar surface area (TPSA) is 29.3 Å². The summed E-state index contributed by atoms with van der Waals surface area (Å²) in [6, 6.07) is 1.49. The van der Waals surface area contributed by atoms with Gasteiger partial charge in [-0.3, -0.25) is 4.90 Å². The monoisotopic (exact) mass is 266 g/mol. The van der Waals surface area contributed by atoms with Crippen molar-refractivity contribution in [3.05, 3.63) is 0 Å². The Morgan fingerprint density at radius 1 is 1.16 bits per heavy atom. The zero-order valence-corrected chi connectivity index (χ0v) is 13.1. The van der Waals surface area contributed by atoms with E-state index < -0.39 is 0 Å². The largest absolute Gasteiger partial charge is 0.329 e. The molecule has 0 aromatic carbocycles. The molecule has 2 rings (SSSR count). The van der Waals surface area contributed by atoms with Crippen molar-refractivity contribution in [2.75, 3.05) is 13.1 Å². The van der Waals surface area contributed by atoms with E-state index in [0.717, 1.165) is 24.4 Å². The molecule has 4 atom stereocenters. The summed E-state index contributed by atoms with van der Waals surface area (Å²) < 4.78 is 0. The first-order valence-electron chi connectivity index (χ1n) is 8.72. The lowest BCUT2D eigenvalue weighted by Crippen LogP contribution is -2.53. The molecular formula is C17H34N2. The summed E-state index contributed by atoms with van der Waals surface area (Å²) >= 11 is 0. The number of rotatable bonds is 5. The van der Waals surface area contributed by atoms with Crippen LogP contribution in [0.3, 0.4) is 0 Å². The van der Waals surface area contributed by atoms with Gasteiger partial charge < -0.3 is 5.73 Å². The second-order valence-corrected chi connectivity index (χ2v) is 7.01. The average molecular weight is 266 g/mol. The van der Waals surface area contributed by atoms with E-state index in [2.05, 4.69) is 18.7 Å². The third-order valence-corrected chi connectivity index (χ3v) is 5.48. The molecule has 1 saturated heterocycles. The number of nitrogens with two attached hydrogens (primary N) is 1. The van der Waals surface area contributed by atoms with Crippen LogP contribution in [-0.4, -0.2) is 30.1 Å². The van der Waals surface area contributed by atoms with Gasteiger partial charge in [-0.05, 0) is 50.5 Å². The van der Waals surface area contributed by atoms with Gasteiger partial charge in [-0.25, -0.2) is 0 Å². The SMILES string of the molecule is CCCC1CCCCN1C(CN)C1CCCC(C)C1. The minimum absolute atomic E-state index is 0.666. The van der Waals surface area contributed by atoms with E-state index in [4.69, 9.17) is 5.73 Å². The molecule has 19 heavy (non-hydrogen) atoms. The van der Waals surface area contributed by atoms with Crippen LogP contribution in [0.4, 0.5) is 0 Å². The van der Waals surface area contributed by atoms with Gasteiger partial charge in [0.15, 0.2) is 0 Å². The Morgan fingerprint density at radius 3 is 2.68 bits per heavy atom. The fourth-order valence-electron chi connectivity index (χ4n) is 4.53. The van der Waals surface area contributed by atoms with Crippen molar-refractivity contribution in [3.8, 4) is 0 Å². The zero-order chi connectivity index (χ0) is 13.7. The number of nitrogens with zero attached hydrogens (tertiary/aromatic N) is 1. The van der Waals surface area contributed by atoms with E-state index in [0.29, 0.717) is 6.04 Å². The van der Waals surface area contributed by atoms with Gasteiger partial charge in [0, 0.05) is 18.6 Å². The van der Waals surface area contributed by atoms with E-state index in [-0.39, 0.29) is 0 Å². The van der Waals surface area contributed by atoms with Crippen molar-refractivity contribution in [2.45, 2.75) is 83.7 Å². The van der Waals surface area contributed by atoms with Gasteiger partial charge in [-0.1, -0.05) is 39.5 Å². The molecule has 2 N–H and O–H groups in total. The van der Waals surface area contributed by atoms with E-state index in [1.165, 1.54) is 64.3 Å². The Balaban J connectivity index is 2.01. The van der Waals surface area contributed by atoms with Gasteiger partial charge in [0.05, 0.1) is 0 Å². The summed E-state index contributed by atoms with van der Waals surface area (Å²) in [7, 11) is 0. The maximum Gasteiger partial charge on any atom is 0.0249 e. The van der Waals surface area contributed by atoms with E-state index in [1.807, 2.05) is 0 Å². The van der Waals surface area contributed by atoms with Crippen LogP contribution in [0.25, 0.3) is 0 Å². The predicted molar refractivity (Wildman–Crippen MR) is 83.2 cm³/mol. The van der Waals surface area contributed by atoms with Crippen molar-refractivity contribution in [2.24, 2.45) is 17.6 Å². The van der Waals surface area contributed by atoms with Crippen LogP contribution in [0.2, 0.25) is 0 Å². The van der Waals surface area contributed by atoms with Crippen molar-refractivity contribution in [1.82, 2.24) is 4.90 Å². The first-order valence-corrected chi connectivity index (χ1v) is 8.72. The standard InChI is InChI=1S/C17H34N2/c1-3-7-16-10-4-5-11-19(16)17(13-18)15-9-6-8-14(2)12-15/h14-17H,3-13,18H2,1-2H3. The Hall–Kier alpha value is -0.0800. The summed E-state index contributed by atoms with van der Waals surface area (Å²) in [4.78, 5) is 2.82. The van der Waals surface area contributed by atoms with Crippen LogP contribution in [0.5, 0.6) is 0 Å². The van der Waals surface area contributed by atoms with Gasteiger partial charge in [0.25, 0.3) is 0 Å². The minimum atomic E-state index is 0.666. The first-order chi connectivity index (χ1) is 9.26. The van der Waals surface area contributed by atoms with Crippen molar-refractivity contribution >= 4 is 0 Å².